The highest BCUT2D eigenvalue weighted by Gasteiger charge is 2.22. The number of aliphatic hydroxyl groups is 1. The zero-order valence-electron chi connectivity index (χ0n) is 26.6. The number of rotatable bonds is 6. The highest BCUT2D eigenvalue weighted by Crippen LogP contribution is 2.31. The molecule has 1 aliphatic heterocycles. The van der Waals surface area contributed by atoms with Crippen molar-refractivity contribution in [3.05, 3.63) is 110 Å². The molecule has 2 N–H and O–H groups in total. The number of ether oxygens (including phenoxy) is 1. The third-order valence-corrected chi connectivity index (χ3v) is 8.31. The first kappa shape index (κ1) is 31.8. The Morgan fingerprint density at radius 3 is 2.49 bits per heavy atom. The third kappa shape index (κ3) is 6.17. The molecule has 1 saturated heterocycles. The van der Waals surface area contributed by atoms with Gasteiger partial charge in [0.1, 0.15) is 17.3 Å². The topological polar surface area (TPSA) is 132 Å². The van der Waals surface area contributed by atoms with Crippen molar-refractivity contribution in [3.63, 3.8) is 0 Å². The van der Waals surface area contributed by atoms with Gasteiger partial charge in [-0.15, -0.1) is 0 Å². The summed E-state index contributed by atoms with van der Waals surface area (Å²) in [5.41, 5.74) is 1.81. The number of halogens is 1. The van der Waals surface area contributed by atoms with Crippen LogP contribution in [0, 0.1) is 5.82 Å². The number of carbonyl (C=O) groups excluding carboxylic acids is 1. The smallest absolute Gasteiger partial charge is 0.282 e. The Morgan fingerprint density at radius 2 is 1.81 bits per heavy atom. The van der Waals surface area contributed by atoms with E-state index in [-0.39, 0.29) is 33.6 Å². The summed E-state index contributed by atoms with van der Waals surface area (Å²) < 4.78 is 23.2. The number of amides is 1. The summed E-state index contributed by atoms with van der Waals surface area (Å²) in [6.07, 6.45) is 4.53. The molecule has 1 aliphatic rings. The predicted molar refractivity (Wildman–Crippen MR) is 177 cm³/mol. The van der Waals surface area contributed by atoms with E-state index >= 15 is 4.39 Å². The summed E-state index contributed by atoms with van der Waals surface area (Å²) >= 11 is 0. The quantitative estimate of drug-likeness (QED) is 0.281. The second-order valence-electron chi connectivity index (χ2n) is 12.5. The minimum absolute atomic E-state index is 0.0962. The Morgan fingerprint density at radius 1 is 1.04 bits per heavy atom. The molecule has 0 saturated carbocycles. The molecule has 0 radical (unpaired) electrons. The van der Waals surface area contributed by atoms with Crippen LogP contribution < -0.4 is 16.4 Å². The molecule has 3 aromatic heterocycles. The fourth-order valence-corrected chi connectivity index (χ4v) is 5.68. The van der Waals surface area contributed by atoms with Crippen LogP contribution in [0.15, 0.2) is 76.7 Å². The number of nitrogens with one attached hydrogen (secondary N) is 1. The normalized spacial score (nSPS) is 13.6. The Bertz CT molecular complexity index is 2110. The number of carbonyl (C=O) groups is 1. The van der Waals surface area contributed by atoms with Crippen LogP contribution in [0.1, 0.15) is 42.3 Å². The van der Waals surface area contributed by atoms with Gasteiger partial charge in [0.15, 0.2) is 0 Å². The van der Waals surface area contributed by atoms with Gasteiger partial charge in [0.25, 0.3) is 17.0 Å². The first-order chi connectivity index (χ1) is 22.5. The molecule has 1 fully saturated rings. The molecule has 47 heavy (non-hydrogen) atoms. The van der Waals surface area contributed by atoms with E-state index in [0.29, 0.717) is 59.8 Å². The molecule has 12 heteroatoms. The largest absolute Gasteiger partial charge is 0.392 e. The minimum Gasteiger partial charge on any atom is -0.392 e. The molecule has 5 aromatic rings. The fraction of sp³-hybridized carbons (Fsp3) is 0.286. The summed E-state index contributed by atoms with van der Waals surface area (Å²) in [6, 6.07) is 13.1. The Hall–Kier alpha value is -5.20. The number of hydrogen-bond acceptors (Lipinski definition) is 8. The van der Waals surface area contributed by atoms with Crippen molar-refractivity contribution in [2.75, 3.05) is 31.6 Å². The number of pyridine rings is 2. The molecule has 0 bridgehead atoms. The van der Waals surface area contributed by atoms with Gasteiger partial charge in [0.05, 0.1) is 42.7 Å². The Labute approximate surface area is 269 Å². The summed E-state index contributed by atoms with van der Waals surface area (Å²) in [4.78, 5) is 45.6. The van der Waals surface area contributed by atoms with Crippen LogP contribution in [0.25, 0.3) is 27.6 Å². The summed E-state index contributed by atoms with van der Waals surface area (Å²) in [6.45, 7) is 7.43. The Balaban J connectivity index is 1.36. The lowest BCUT2D eigenvalue weighted by atomic mass is 9.86. The number of nitrogens with zero attached hydrogens (tertiary/aromatic N) is 5. The summed E-state index contributed by atoms with van der Waals surface area (Å²) in [7, 11) is 1.60. The second-order valence-corrected chi connectivity index (χ2v) is 12.5. The average Bonchev–Trinajstić information content (AvgIpc) is 3.06. The standard InChI is InChI=1S/C35H35FN6O5/c1-35(2,3)24-14-22-18-38-42(34(46)31(22)27(36)16-24)29-7-5-6-25(26(29)20-43)23-15-28(33(45)40(4)19-23)39-30-9-8-21(17-37-30)32(44)41-10-12-47-13-11-41/h5-9,14-19,43H,10-13,20H2,1-4H3,(H,37,39)/i20+2. The second kappa shape index (κ2) is 12.5. The number of benzene rings is 2. The van der Waals surface area contributed by atoms with Gasteiger partial charge in [-0.2, -0.15) is 9.78 Å². The monoisotopic (exact) mass is 640 g/mol. The van der Waals surface area contributed by atoms with Crippen LogP contribution in [0.4, 0.5) is 15.9 Å². The molecule has 6 rings (SSSR count). The molecule has 0 aliphatic carbocycles. The van der Waals surface area contributed by atoms with E-state index in [1.54, 1.807) is 60.6 Å². The lowest BCUT2D eigenvalue weighted by Crippen LogP contribution is -2.40. The predicted octanol–water partition coefficient (Wildman–Crippen LogP) is 4.29. The fourth-order valence-electron chi connectivity index (χ4n) is 5.68. The van der Waals surface area contributed by atoms with Crippen molar-refractivity contribution in [2.45, 2.75) is 32.8 Å². The lowest BCUT2D eigenvalue weighted by Gasteiger charge is -2.26. The van der Waals surface area contributed by atoms with Gasteiger partial charge in [0, 0.05) is 49.0 Å². The van der Waals surface area contributed by atoms with Gasteiger partial charge >= 0.3 is 0 Å². The van der Waals surface area contributed by atoms with E-state index in [1.165, 1.54) is 23.0 Å². The lowest BCUT2D eigenvalue weighted by molar-refractivity contribution is 0.0302. The minimum atomic E-state index is -0.656. The van der Waals surface area contributed by atoms with Gasteiger partial charge in [0.2, 0.25) is 0 Å². The highest BCUT2D eigenvalue weighted by atomic mass is 19.1. The zero-order chi connectivity index (χ0) is 33.5. The molecular weight excluding hydrogens is 605 g/mol. The van der Waals surface area contributed by atoms with Crippen LogP contribution in [0.3, 0.4) is 0 Å². The molecule has 11 nitrogen and oxygen atoms in total. The number of aromatic nitrogens is 4. The highest BCUT2D eigenvalue weighted by molar-refractivity contribution is 5.94. The van der Waals surface area contributed by atoms with Crippen LogP contribution in [-0.4, -0.2) is 61.5 Å². The van der Waals surface area contributed by atoms with E-state index in [0.717, 1.165) is 10.2 Å². The van der Waals surface area contributed by atoms with Crippen LogP contribution in [-0.2, 0) is 23.8 Å². The average molecular weight is 641 g/mol. The van der Waals surface area contributed by atoms with Gasteiger partial charge in [-0.1, -0.05) is 32.9 Å². The first-order valence-corrected chi connectivity index (χ1v) is 15.2. The molecule has 4 heterocycles. The number of aryl methyl sites for hydroxylation is 1. The first-order valence-electron chi connectivity index (χ1n) is 15.2. The van der Waals surface area contributed by atoms with Crippen molar-refractivity contribution in [1.29, 1.82) is 0 Å². The van der Waals surface area contributed by atoms with Crippen molar-refractivity contribution >= 4 is 28.2 Å². The maximum atomic E-state index is 15.4. The number of fused-ring (bicyclic) bond motifs is 1. The Kier molecular flexibility index (Phi) is 8.47. The molecule has 0 spiro atoms. The number of morpholine rings is 1. The molecule has 0 unspecified atom stereocenters. The van der Waals surface area contributed by atoms with Crippen molar-refractivity contribution in [3.8, 4) is 16.8 Å². The van der Waals surface area contributed by atoms with Crippen LogP contribution >= 0.6 is 0 Å². The summed E-state index contributed by atoms with van der Waals surface area (Å²) in [5, 5.41) is 18.2. The molecule has 0 atom stereocenters. The van der Waals surface area contributed by atoms with Crippen LogP contribution in [0.2, 0.25) is 0 Å². The molecule has 2 aromatic carbocycles. The van der Waals surface area contributed by atoms with E-state index in [4.69, 9.17) is 4.74 Å². The third-order valence-electron chi connectivity index (χ3n) is 8.31. The van der Waals surface area contributed by atoms with Gasteiger partial charge in [-0.3, -0.25) is 14.4 Å². The van der Waals surface area contributed by atoms with Crippen molar-refractivity contribution in [2.24, 2.45) is 7.05 Å². The summed E-state index contributed by atoms with van der Waals surface area (Å²) in [5.74, 6) is -0.423. The molecule has 242 valence electrons. The van der Waals surface area contributed by atoms with E-state index in [2.05, 4.69) is 15.4 Å². The van der Waals surface area contributed by atoms with Crippen LogP contribution in [0.5, 0.6) is 0 Å². The number of anilines is 2. The number of hydrogen-bond donors (Lipinski definition) is 2. The van der Waals surface area contributed by atoms with Crippen molar-refractivity contribution in [1.82, 2.24) is 24.2 Å². The molecule has 1 amide bonds. The van der Waals surface area contributed by atoms with Crippen molar-refractivity contribution < 1.29 is 19.0 Å². The SMILES string of the molecule is Cn1cc(-c2cccc(-n3ncc4cc(C(C)(C)C)cc(F)c4c3=O)c2[14CH2]O)cc(Nc2ccc(C(=O)N3CCOCC3)cn2)c1=O. The zero-order valence-corrected chi connectivity index (χ0v) is 26.6. The maximum Gasteiger partial charge on any atom is 0.282 e. The molecular formula is C35H35FN6O5. The van der Waals surface area contributed by atoms with E-state index < -0.39 is 18.0 Å². The van der Waals surface area contributed by atoms with Gasteiger partial charge < -0.3 is 24.6 Å². The maximum absolute atomic E-state index is 15.4. The van der Waals surface area contributed by atoms with Gasteiger partial charge in [-0.05, 0) is 52.9 Å². The van der Waals surface area contributed by atoms with E-state index in [9.17, 15) is 19.5 Å². The van der Waals surface area contributed by atoms with Gasteiger partial charge in [-0.25, -0.2) is 9.37 Å². The number of aliphatic hydroxyl groups excluding tert-OH is 1. The van der Waals surface area contributed by atoms with E-state index in [1.807, 2.05) is 20.8 Å².